The van der Waals surface area contributed by atoms with Crippen molar-refractivity contribution >= 4 is 11.6 Å². The molecule has 1 saturated carbocycles. The molecule has 2 aromatic rings. The summed E-state index contributed by atoms with van der Waals surface area (Å²) in [4.78, 5) is 4.60. The van der Waals surface area contributed by atoms with Gasteiger partial charge in [-0.2, -0.15) is 4.98 Å². The molecule has 0 bridgehead atoms. The van der Waals surface area contributed by atoms with Crippen molar-refractivity contribution in [3.8, 4) is 11.4 Å². The second kappa shape index (κ2) is 5.78. The second-order valence-corrected chi connectivity index (χ2v) is 6.53. The number of benzene rings is 1. The molecule has 2 N–H and O–H groups in total. The molecule has 0 aliphatic heterocycles. The highest BCUT2D eigenvalue weighted by molar-refractivity contribution is 6.30. The summed E-state index contributed by atoms with van der Waals surface area (Å²) in [7, 11) is 0. The lowest BCUT2D eigenvalue weighted by Crippen LogP contribution is -2.39. The molecule has 0 atom stereocenters. The zero-order valence-electron chi connectivity index (χ0n) is 12.2. The number of halogens is 1. The monoisotopic (exact) mass is 305 g/mol. The van der Waals surface area contributed by atoms with Gasteiger partial charge in [-0.15, -0.1) is 0 Å². The van der Waals surface area contributed by atoms with Gasteiger partial charge in [-0.05, 0) is 55.9 Å². The van der Waals surface area contributed by atoms with Crippen LogP contribution < -0.4 is 5.73 Å². The molecule has 1 fully saturated rings. The molecule has 3 rings (SSSR count). The van der Waals surface area contributed by atoms with E-state index in [0.717, 1.165) is 37.2 Å². The van der Waals surface area contributed by atoms with E-state index in [1.54, 1.807) is 0 Å². The molecule has 5 heteroatoms. The lowest BCUT2D eigenvalue weighted by molar-refractivity contribution is 0.191. The first-order chi connectivity index (χ1) is 10.1. The molecule has 4 nitrogen and oxygen atoms in total. The highest BCUT2D eigenvalue weighted by atomic mass is 35.5. The fraction of sp³-hybridized carbons (Fsp3) is 0.500. The average Bonchev–Trinajstić information content (AvgIpc) is 3.00. The third-order valence-corrected chi connectivity index (χ3v) is 4.86. The van der Waals surface area contributed by atoms with Gasteiger partial charge in [-0.1, -0.05) is 23.7 Å². The van der Waals surface area contributed by atoms with Crippen molar-refractivity contribution in [3.63, 3.8) is 0 Å². The molecule has 0 amide bonds. The smallest absolute Gasteiger partial charge is 0.234 e. The Morgan fingerprint density at radius 1 is 1.29 bits per heavy atom. The maximum atomic E-state index is 6.04. The molecule has 0 unspecified atom stereocenters. The Kier molecular flexibility index (Phi) is 4.00. The van der Waals surface area contributed by atoms with Gasteiger partial charge in [0.15, 0.2) is 0 Å². The summed E-state index contributed by atoms with van der Waals surface area (Å²) in [6.45, 7) is 2.84. The minimum Gasteiger partial charge on any atom is -0.338 e. The number of hydrogen-bond donors (Lipinski definition) is 1. The van der Waals surface area contributed by atoms with Crippen LogP contribution in [-0.4, -0.2) is 16.7 Å². The molecule has 1 aliphatic rings. The van der Waals surface area contributed by atoms with Gasteiger partial charge in [-0.25, -0.2) is 0 Å². The third-order valence-electron chi connectivity index (χ3n) is 4.60. The Balaban J connectivity index is 1.88. The quantitative estimate of drug-likeness (QED) is 0.936. The number of rotatable bonds is 3. The van der Waals surface area contributed by atoms with Crippen molar-refractivity contribution in [2.45, 2.75) is 38.0 Å². The van der Waals surface area contributed by atoms with Crippen LogP contribution >= 0.6 is 11.6 Å². The van der Waals surface area contributed by atoms with Crippen LogP contribution in [0.1, 0.15) is 38.5 Å². The van der Waals surface area contributed by atoms with Crippen LogP contribution in [0.4, 0.5) is 0 Å². The van der Waals surface area contributed by atoms with E-state index in [-0.39, 0.29) is 5.41 Å². The minimum atomic E-state index is -0.149. The Hall–Kier alpha value is -1.39. The van der Waals surface area contributed by atoms with Gasteiger partial charge in [0.25, 0.3) is 0 Å². The zero-order valence-corrected chi connectivity index (χ0v) is 12.9. The number of hydrogen-bond acceptors (Lipinski definition) is 4. The van der Waals surface area contributed by atoms with E-state index in [2.05, 4.69) is 17.1 Å². The number of aromatic nitrogens is 2. The van der Waals surface area contributed by atoms with Crippen molar-refractivity contribution in [1.29, 1.82) is 0 Å². The van der Waals surface area contributed by atoms with Crippen LogP contribution in [0, 0.1) is 5.92 Å². The van der Waals surface area contributed by atoms with Crippen LogP contribution in [0.2, 0.25) is 5.02 Å². The second-order valence-electron chi connectivity index (χ2n) is 6.10. The van der Waals surface area contributed by atoms with E-state index in [4.69, 9.17) is 21.9 Å². The van der Waals surface area contributed by atoms with E-state index in [9.17, 15) is 0 Å². The lowest BCUT2D eigenvalue weighted by atomic mass is 9.71. The topological polar surface area (TPSA) is 64.9 Å². The Morgan fingerprint density at radius 3 is 2.57 bits per heavy atom. The molecular formula is C16H20ClN3O. The van der Waals surface area contributed by atoms with E-state index < -0.39 is 0 Å². The van der Waals surface area contributed by atoms with Gasteiger partial charge in [0, 0.05) is 17.1 Å². The number of nitrogens with two attached hydrogens (primary N) is 1. The fourth-order valence-electron chi connectivity index (χ4n) is 2.98. The SMILES string of the molecule is CC1CCC(CN)(c2nc(-c3ccc(Cl)cc3)no2)CC1. The van der Waals surface area contributed by atoms with Gasteiger partial charge in [0.1, 0.15) is 0 Å². The van der Waals surface area contributed by atoms with Crippen molar-refractivity contribution in [2.75, 3.05) is 6.54 Å². The molecule has 1 aromatic carbocycles. The Bertz CT molecular complexity index is 600. The van der Waals surface area contributed by atoms with Gasteiger partial charge in [0.05, 0.1) is 5.41 Å². The van der Waals surface area contributed by atoms with Crippen LogP contribution in [0.5, 0.6) is 0 Å². The standard InChI is InChI=1S/C16H20ClN3O/c1-11-6-8-16(10-18,9-7-11)15-19-14(20-21-15)12-2-4-13(17)5-3-12/h2-5,11H,6-10,18H2,1H3. The average molecular weight is 306 g/mol. The van der Waals surface area contributed by atoms with Crippen molar-refractivity contribution < 1.29 is 4.52 Å². The molecule has 0 saturated heterocycles. The molecular weight excluding hydrogens is 286 g/mol. The molecule has 0 spiro atoms. The van der Waals surface area contributed by atoms with E-state index >= 15 is 0 Å². The Morgan fingerprint density at radius 2 is 1.95 bits per heavy atom. The zero-order chi connectivity index (χ0) is 14.9. The first-order valence-electron chi connectivity index (χ1n) is 7.43. The summed E-state index contributed by atoms with van der Waals surface area (Å²) >= 11 is 5.90. The summed E-state index contributed by atoms with van der Waals surface area (Å²) < 4.78 is 5.54. The Labute approximate surface area is 129 Å². The first kappa shape index (κ1) is 14.5. The summed E-state index contributed by atoms with van der Waals surface area (Å²) in [5.41, 5.74) is 6.80. The van der Waals surface area contributed by atoms with Crippen LogP contribution in [0.15, 0.2) is 28.8 Å². The number of nitrogens with zero attached hydrogens (tertiary/aromatic N) is 2. The summed E-state index contributed by atoms with van der Waals surface area (Å²) in [6.07, 6.45) is 4.37. The molecule has 112 valence electrons. The molecule has 1 heterocycles. The van der Waals surface area contributed by atoms with Crippen LogP contribution in [0.25, 0.3) is 11.4 Å². The predicted octanol–water partition coefficient (Wildman–Crippen LogP) is 3.80. The van der Waals surface area contributed by atoms with Crippen molar-refractivity contribution in [1.82, 2.24) is 10.1 Å². The molecule has 1 aromatic heterocycles. The van der Waals surface area contributed by atoms with E-state index in [1.165, 1.54) is 0 Å². The summed E-state index contributed by atoms with van der Waals surface area (Å²) in [5, 5.41) is 4.82. The largest absolute Gasteiger partial charge is 0.338 e. The van der Waals surface area contributed by atoms with Crippen molar-refractivity contribution in [3.05, 3.63) is 35.2 Å². The van der Waals surface area contributed by atoms with E-state index in [1.807, 2.05) is 24.3 Å². The normalized spacial score (nSPS) is 26.0. The van der Waals surface area contributed by atoms with Gasteiger partial charge < -0.3 is 10.3 Å². The molecule has 0 radical (unpaired) electrons. The van der Waals surface area contributed by atoms with Crippen LogP contribution in [0.3, 0.4) is 0 Å². The molecule has 1 aliphatic carbocycles. The highest BCUT2D eigenvalue weighted by Gasteiger charge is 2.39. The maximum absolute atomic E-state index is 6.04. The van der Waals surface area contributed by atoms with Gasteiger partial charge >= 0.3 is 0 Å². The predicted molar refractivity (Wildman–Crippen MR) is 83.1 cm³/mol. The van der Waals surface area contributed by atoms with Crippen LogP contribution in [-0.2, 0) is 5.41 Å². The lowest BCUT2D eigenvalue weighted by Gasteiger charge is -2.35. The fourth-order valence-corrected chi connectivity index (χ4v) is 3.10. The molecule has 21 heavy (non-hydrogen) atoms. The first-order valence-corrected chi connectivity index (χ1v) is 7.81. The summed E-state index contributed by atoms with van der Waals surface area (Å²) in [6, 6.07) is 7.45. The van der Waals surface area contributed by atoms with Gasteiger partial charge in [0.2, 0.25) is 11.7 Å². The van der Waals surface area contributed by atoms with E-state index in [0.29, 0.717) is 23.3 Å². The summed E-state index contributed by atoms with van der Waals surface area (Å²) in [5.74, 6) is 2.04. The minimum absolute atomic E-state index is 0.149. The van der Waals surface area contributed by atoms with Gasteiger partial charge in [-0.3, -0.25) is 0 Å². The highest BCUT2D eigenvalue weighted by Crippen LogP contribution is 2.40. The third kappa shape index (κ3) is 2.83. The maximum Gasteiger partial charge on any atom is 0.234 e. The van der Waals surface area contributed by atoms with Crippen molar-refractivity contribution in [2.24, 2.45) is 11.7 Å².